The molecule has 1 rings (SSSR count). The molecule has 6 nitrogen and oxygen atoms in total. The molecule has 2 atom stereocenters. The topological polar surface area (TPSA) is 78.9 Å². The van der Waals surface area contributed by atoms with Crippen molar-refractivity contribution in [3.8, 4) is 0 Å². The molecule has 0 saturated carbocycles. The molecule has 0 bridgehead atoms. The number of carboxylic acids is 1. The maximum Gasteiger partial charge on any atom is 0.407 e. The van der Waals surface area contributed by atoms with Crippen LogP contribution in [0.3, 0.4) is 0 Å². The number of alkyl carbamates (subject to hydrolysis) is 1. The molecule has 0 spiro atoms. The number of carbonyl (C=O) groups excluding carboxylic acids is 1. The van der Waals surface area contributed by atoms with Gasteiger partial charge in [-0.3, -0.25) is 9.69 Å². The van der Waals surface area contributed by atoms with Crippen molar-refractivity contribution in [3.63, 3.8) is 0 Å². The largest absolute Gasteiger partial charge is 0.480 e. The van der Waals surface area contributed by atoms with Gasteiger partial charge in [-0.1, -0.05) is 6.92 Å². The predicted molar refractivity (Wildman–Crippen MR) is 61.8 cm³/mol. The molecule has 1 saturated heterocycles. The fraction of sp³-hybridized carbons (Fsp3) is 0.818. The molecular weight excluding hydrogens is 224 g/mol. The van der Waals surface area contributed by atoms with Crippen LogP contribution in [0.25, 0.3) is 0 Å². The molecular formula is C11H20N2O4. The minimum absolute atomic E-state index is 0.0192. The molecule has 0 aromatic heterocycles. The highest BCUT2D eigenvalue weighted by Crippen LogP contribution is 2.16. The highest BCUT2D eigenvalue weighted by molar-refractivity contribution is 5.69. The lowest BCUT2D eigenvalue weighted by molar-refractivity contribution is -0.138. The summed E-state index contributed by atoms with van der Waals surface area (Å²) in [5.74, 6) is -0.469. The number of nitrogens with zero attached hydrogens (tertiary/aromatic N) is 1. The SMILES string of the molecule is CCOC(=O)NC1CC(C)CN(CC(=O)O)C1. The first-order valence-electron chi connectivity index (χ1n) is 5.88. The van der Waals surface area contributed by atoms with E-state index in [1.54, 1.807) is 6.92 Å². The summed E-state index contributed by atoms with van der Waals surface area (Å²) in [5.41, 5.74) is 0. The Bertz CT molecular complexity index is 283. The average molecular weight is 244 g/mol. The van der Waals surface area contributed by atoms with Gasteiger partial charge in [0, 0.05) is 19.1 Å². The first-order valence-corrected chi connectivity index (χ1v) is 5.88. The van der Waals surface area contributed by atoms with E-state index in [2.05, 4.69) is 5.32 Å². The molecule has 17 heavy (non-hydrogen) atoms. The fourth-order valence-corrected chi connectivity index (χ4v) is 2.23. The molecule has 1 aliphatic heterocycles. The van der Waals surface area contributed by atoms with Gasteiger partial charge in [-0.05, 0) is 19.3 Å². The Morgan fingerprint density at radius 1 is 1.47 bits per heavy atom. The minimum Gasteiger partial charge on any atom is -0.480 e. The van der Waals surface area contributed by atoms with Gasteiger partial charge in [-0.15, -0.1) is 0 Å². The van der Waals surface area contributed by atoms with Gasteiger partial charge in [-0.2, -0.15) is 0 Å². The summed E-state index contributed by atoms with van der Waals surface area (Å²) < 4.78 is 4.81. The van der Waals surface area contributed by atoms with Crippen LogP contribution in [-0.4, -0.2) is 54.4 Å². The van der Waals surface area contributed by atoms with E-state index in [9.17, 15) is 9.59 Å². The number of piperidine rings is 1. The van der Waals surface area contributed by atoms with Crippen molar-refractivity contribution in [1.29, 1.82) is 0 Å². The average Bonchev–Trinajstić information content (AvgIpc) is 2.14. The first kappa shape index (κ1) is 13.8. The van der Waals surface area contributed by atoms with Gasteiger partial charge >= 0.3 is 12.1 Å². The Kier molecular flexibility index (Phi) is 5.21. The summed E-state index contributed by atoms with van der Waals surface area (Å²) in [5, 5.41) is 11.5. The number of ether oxygens (including phenoxy) is 1. The van der Waals surface area contributed by atoms with Crippen molar-refractivity contribution in [3.05, 3.63) is 0 Å². The second-order valence-electron chi connectivity index (χ2n) is 4.49. The van der Waals surface area contributed by atoms with E-state index < -0.39 is 12.1 Å². The number of carbonyl (C=O) groups is 2. The van der Waals surface area contributed by atoms with Gasteiger partial charge in [-0.25, -0.2) is 4.79 Å². The zero-order chi connectivity index (χ0) is 12.8. The van der Waals surface area contributed by atoms with Gasteiger partial charge in [0.1, 0.15) is 0 Å². The van der Waals surface area contributed by atoms with E-state index in [-0.39, 0.29) is 12.6 Å². The summed E-state index contributed by atoms with van der Waals surface area (Å²) in [6.07, 6.45) is 0.427. The number of hydrogen-bond donors (Lipinski definition) is 2. The van der Waals surface area contributed by atoms with Gasteiger partial charge < -0.3 is 15.2 Å². The van der Waals surface area contributed by atoms with Crippen LogP contribution < -0.4 is 5.32 Å². The van der Waals surface area contributed by atoms with E-state index >= 15 is 0 Å². The summed E-state index contributed by atoms with van der Waals surface area (Å²) in [6, 6.07) is -0.0304. The third-order valence-electron chi connectivity index (χ3n) is 2.69. The molecule has 2 N–H and O–H groups in total. The monoisotopic (exact) mass is 244 g/mol. The number of carboxylic acid groups (broad SMARTS) is 1. The third kappa shape index (κ3) is 5.04. The molecule has 0 aromatic rings. The Labute approximate surface area is 101 Å². The Hall–Kier alpha value is -1.30. The highest BCUT2D eigenvalue weighted by Gasteiger charge is 2.27. The number of aliphatic carboxylic acids is 1. The van der Waals surface area contributed by atoms with E-state index in [0.29, 0.717) is 19.1 Å². The fourth-order valence-electron chi connectivity index (χ4n) is 2.23. The highest BCUT2D eigenvalue weighted by atomic mass is 16.5. The summed E-state index contributed by atoms with van der Waals surface area (Å²) >= 11 is 0. The maximum atomic E-state index is 11.3. The standard InChI is InChI=1S/C11H20N2O4/c1-3-17-11(16)12-9-4-8(2)5-13(6-9)7-10(14)15/h8-9H,3-7H2,1-2H3,(H,12,16)(H,14,15). The first-order chi connectivity index (χ1) is 8.01. The van der Waals surface area contributed by atoms with E-state index in [1.165, 1.54) is 0 Å². The second kappa shape index (κ2) is 6.44. The second-order valence-corrected chi connectivity index (χ2v) is 4.49. The molecule has 1 fully saturated rings. The van der Waals surface area contributed by atoms with Crippen LogP contribution in [0.1, 0.15) is 20.3 Å². The maximum absolute atomic E-state index is 11.3. The number of nitrogens with one attached hydrogen (secondary N) is 1. The predicted octanol–water partition coefficient (Wildman–Crippen LogP) is 0.527. The molecule has 2 unspecified atom stereocenters. The molecule has 1 heterocycles. The van der Waals surface area contributed by atoms with Crippen molar-refractivity contribution in [2.45, 2.75) is 26.3 Å². The Morgan fingerprint density at radius 3 is 2.76 bits per heavy atom. The summed E-state index contributed by atoms with van der Waals surface area (Å²) in [6.45, 7) is 5.48. The van der Waals surface area contributed by atoms with E-state index in [4.69, 9.17) is 9.84 Å². The minimum atomic E-state index is -0.839. The van der Waals surface area contributed by atoms with Gasteiger partial charge in [0.15, 0.2) is 0 Å². The van der Waals surface area contributed by atoms with Gasteiger partial charge in [0.05, 0.1) is 13.2 Å². The van der Waals surface area contributed by atoms with Crippen LogP contribution in [0.5, 0.6) is 0 Å². The van der Waals surface area contributed by atoms with Crippen molar-refractivity contribution < 1.29 is 19.4 Å². The lowest BCUT2D eigenvalue weighted by Crippen LogP contribution is -2.51. The van der Waals surface area contributed by atoms with Crippen LogP contribution >= 0.6 is 0 Å². The zero-order valence-corrected chi connectivity index (χ0v) is 10.3. The van der Waals surface area contributed by atoms with E-state index in [1.807, 2.05) is 11.8 Å². The van der Waals surface area contributed by atoms with Crippen LogP contribution in [0, 0.1) is 5.92 Å². The Morgan fingerprint density at radius 2 is 2.18 bits per heavy atom. The normalized spacial score (nSPS) is 25.3. The lowest BCUT2D eigenvalue weighted by Gasteiger charge is -2.35. The summed E-state index contributed by atoms with van der Waals surface area (Å²) in [4.78, 5) is 23.8. The molecule has 6 heteroatoms. The zero-order valence-electron chi connectivity index (χ0n) is 10.3. The molecule has 1 aliphatic rings. The molecule has 0 radical (unpaired) electrons. The molecule has 1 amide bonds. The van der Waals surface area contributed by atoms with Gasteiger partial charge in [0.25, 0.3) is 0 Å². The van der Waals surface area contributed by atoms with Crippen molar-refractivity contribution in [1.82, 2.24) is 10.2 Å². The van der Waals surface area contributed by atoms with Crippen LogP contribution in [-0.2, 0) is 9.53 Å². The summed E-state index contributed by atoms with van der Waals surface area (Å²) in [7, 11) is 0. The quantitative estimate of drug-likeness (QED) is 0.754. The number of amides is 1. The van der Waals surface area contributed by atoms with Crippen LogP contribution in [0.15, 0.2) is 0 Å². The smallest absolute Gasteiger partial charge is 0.407 e. The number of rotatable bonds is 4. The van der Waals surface area contributed by atoms with Gasteiger partial charge in [0.2, 0.25) is 0 Å². The third-order valence-corrected chi connectivity index (χ3v) is 2.69. The van der Waals surface area contributed by atoms with Crippen LogP contribution in [0.4, 0.5) is 4.79 Å². The number of hydrogen-bond acceptors (Lipinski definition) is 4. The van der Waals surface area contributed by atoms with Crippen molar-refractivity contribution >= 4 is 12.1 Å². The Balaban J connectivity index is 2.44. The van der Waals surface area contributed by atoms with Crippen molar-refractivity contribution in [2.75, 3.05) is 26.2 Å². The molecule has 0 aromatic carbocycles. The lowest BCUT2D eigenvalue weighted by atomic mass is 9.96. The van der Waals surface area contributed by atoms with Crippen molar-refractivity contribution in [2.24, 2.45) is 5.92 Å². The molecule has 0 aliphatic carbocycles. The molecule has 98 valence electrons. The van der Waals surface area contributed by atoms with Crippen LogP contribution in [0.2, 0.25) is 0 Å². The van der Waals surface area contributed by atoms with E-state index in [0.717, 1.165) is 13.0 Å². The number of likely N-dealkylation sites (tertiary alicyclic amines) is 1.